The van der Waals surface area contributed by atoms with E-state index in [9.17, 15) is 4.79 Å². The predicted octanol–water partition coefficient (Wildman–Crippen LogP) is 0.683. The Morgan fingerprint density at radius 3 is 2.65 bits per heavy atom. The van der Waals surface area contributed by atoms with Gasteiger partial charge in [-0.1, -0.05) is 12.8 Å². The average molecular weight is 239 g/mol. The third-order valence-corrected chi connectivity index (χ3v) is 3.97. The number of hydrogen-bond acceptors (Lipinski definition) is 3. The van der Waals surface area contributed by atoms with Crippen molar-refractivity contribution in [2.75, 3.05) is 39.8 Å². The van der Waals surface area contributed by atoms with Crippen LogP contribution in [0.4, 0.5) is 0 Å². The number of hydrogen-bond donors (Lipinski definition) is 1. The molecule has 1 heterocycles. The molecule has 98 valence electrons. The molecule has 1 aliphatic heterocycles. The Balaban J connectivity index is 1.70. The summed E-state index contributed by atoms with van der Waals surface area (Å²) in [4.78, 5) is 16.4. The molecule has 4 nitrogen and oxygen atoms in total. The summed E-state index contributed by atoms with van der Waals surface area (Å²) in [5.74, 6) is 0.284. The van der Waals surface area contributed by atoms with Crippen molar-refractivity contribution in [1.82, 2.24) is 15.1 Å². The van der Waals surface area contributed by atoms with Gasteiger partial charge in [-0.2, -0.15) is 0 Å². The monoisotopic (exact) mass is 239 g/mol. The third-order valence-electron chi connectivity index (χ3n) is 3.97. The van der Waals surface area contributed by atoms with E-state index in [0.717, 1.165) is 32.6 Å². The Labute approximate surface area is 104 Å². The van der Waals surface area contributed by atoms with Crippen molar-refractivity contribution in [1.29, 1.82) is 0 Å². The van der Waals surface area contributed by atoms with E-state index in [1.54, 1.807) is 0 Å². The van der Waals surface area contributed by atoms with Crippen LogP contribution in [0, 0.1) is 0 Å². The Kier molecular flexibility index (Phi) is 4.80. The summed E-state index contributed by atoms with van der Waals surface area (Å²) in [6, 6.07) is 0.591. The van der Waals surface area contributed by atoms with Gasteiger partial charge in [0, 0.05) is 25.7 Å². The van der Waals surface area contributed by atoms with Gasteiger partial charge < -0.3 is 15.1 Å². The van der Waals surface area contributed by atoms with Crippen molar-refractivity contribution in [3.05, 3.63) is 0 Å². The summed E-state index contributed by atoms with van der Waals surface area (Å²) in [5.41, 5.74) is 0. The number of amides is 1. The normalized spacial score (nSPS) is 23.9. The van der Waals surface area contributed by atoms with Crippen molar-refractivity contribution in [3.63, 3.8) is 0 Å². The van der Waals surface area contributed by atoms with Gasteiger partial charge in [-0.25, -0.2) is 0 Å². The van der Waals surface area contributed by atoms with Crippen LogP contribution in [-0.2, 0) is 4.79 Å². The van der Waals surface area contributed by atoms with E-state index in [2.05, 4.69) is 17.3 Å². The molecule has 0 atom stereocenters. The molecule has 4 heteroatoms. The molecule has 1 amide bonds. The Hall–Kier alpha value is -0.610. The van der Waals surface area contributed by atoms with E-state index < -0.39 is 0 Å². The van der Waals surface area contributed by atoms with Gasteiger partial charge in [0.25, 0.3) is 0 Å². The van der Waals surface area contributed by atoms with Crippen molar-refractivity contribution < 1.29 is 4.79 Å². The molecule has 0 aromatic rings. The molecule has 0 unspecified atom stereocenters. The SMILES string of the molecule is CN1CCCN(C(=O)CNC2CCCC2)CC1. The Morgan fingerprint density at radius 2 is 1.88 bits per heavy atom. The standard InChI is InChI=1S/C13H25N3O/c1-15-7-4-8-16(10-9-15)13(17)11-14-12-5-2-3-6-12/h12,14H,2-11H2,1H3. The molecule has 1 N–H and O–H groups in total. The second-order valence-corrected chi connectivity index (χ2v) is 5.40. The van der Waals surface area contributed by atoms with E-state index in [-0.39, 0.29) is 5.91 Å². The first-order valence-electron chi connectivity index (χ1n) is 6.95. The molecule has 1 saturated carbocycles. The van der Waals surface area contributed by atoms with E-state index in [0.29, 0.717) is 12.6 Å². The van der Waals surface area contributed by atoms with E-state index in [1.807, 2.05) is 4.90 Å². The molecule has 0 aromatic heterocycles. The third kappa shape index (κ3) is 3.96. The van der Waals surface area contributed by atoms with E-state index in [1.165, 1.54) is 25.7 Å². The van der Waals surface area contributed by atoms with Gasteiger partial charge in [-0.05, 0) is 32.9 Å². The largest absolute Gasteiger partial charge is 0.340 e. The lowest BCUT2D eigenvalue weighted by molar-refractivity contribution is -0.130. The maximum Gasteiger partial charge on any atom is 0.236 e. The van der Waals surface area contributed by atoms with Crippen molar-refractivity contribution in [2.24, 2.45) is 0 Å². The maximum atomic E-state index is 12.1. The van der Waals surface area contributed by atoms with E-state index >= 15 is 0 Å². The number of carbonyl (C=O) groups is 1. The number of likely N-dealkylation sites (N-methyl/N-ethyl adjacent to an activating group) is 1. The topological polar surface area (TPSA) is 35.6 Å². The molecule has 2 rings (SSSR count). The van der Waals surface area contributed by atoms with Gasteiger partial charge >= 0.3 is 0 Å². The van der Waals surface area contributed by atoms with Crippen molar-refractivity contribution >= 4 is 5.91 Å². The fourth-order valence-corrected chi connectivity index (χ4v) is 2.77. The van der Waals surface area contributed by atoms with Crippen molar-refractivity contribution in [2.45, 2.75) is 38.1 Å². The van der Waals surface area contributed by atoms with Crippen LogP contribution in [0.15, 0.2) is 0 Å². The van der Waals surface area contributed by atoms with Crippen LogP contribution in [0.1, 0.15) is 32.1 Å². The van der Waals surface area contributed by atoms with Crippen LogP contribution < -0.4 is 5.32 Å². The summed E-state index contributed by atoms with van der Waals surface area (Å²) in [5, 5.41) is 3.41. The van der Waals surface area contributed by atoms with Gasteiger partial charge in [0.05, 0.1) is 6.54 Å². The summed E-state index contributed by atoms with van der Waals surface area (Å²) >= 11 is 0. The minimum absolute atomic E-state index is 0.284. The number of nitrogens with zero attached hydrogens (tertiary/aromatic N) is 2. The fraction of sp³-hybridized carbons (Fsp3) is 0.923. The van der Waals surface area contributed by atoms with Gasteiger partial charge in [-0.15, -0.1) is 0 Å². The van der Waals surface area contributed by atoms with Gasteiger partial charge in [0.15, 0.2) is 0 Å². The molecule has 0 spiro atoms. The average Bonchev–Trinajstić information content (AvgIpc) is 2.74. The molecule has 17 heavy (non-hydrogen) atoms. The minimum atomic E-state index is 0.284. The molecular formula is C13H25N3O. The minimum Gasteiger partial charge on any atom is -0.340 e. The lowest BCUT2D eigenvalue weighted by Gasteiger charge is -2.22. The van der Waals surface area contributed by atoms with Crippen LogP contribution >= 0.6 is 0 Å². The van der Waals surface area contributed by atoms with Crippen LogP contribution in [0.5, 0.6) is 0 Å². The smallest absolute Gasteiger partial charge is 0.236 e. The van der Waals surface area contributed by atoms with Crippen molar-refractivity contribution in [3.8, 4) is 0 Å². The molecule has 2 aliphatic rings. The lowest BCUT2D eigenvalue weighted by atomic mass is 10.2. The zero-order chi connectivity index (χ0) is 12.1. The fourth-order valence-electron chi connectivity index (χ4n) is 2.77. The second kappa shape index (κ2) is 6.36. The molecular weight excluding hydrogens is 214 g/mol. The molecule has 0 aromatic carbocycles. The highest BCUT2D eigenvalue weighted by Crippen LogP contribution is 2.17. The zero-order valence-electron chi connectivity index (χ0n) is 11.0. The van der Waals surface area contributed by atoms with Crippen LogP contribution in [0.2, 0.25) is 0 Å². The summed E-state index contributed by atoms with van der Waals surface area (Å²) < 4.78 is 0. The van der Waals surface area contributed by atoms with Crippen LogP contribution in [-0.4, -0.2) is 61.5 Å². The Bertz CT molecular complexity index is 251. The number of nitrogens with one attached hydrogen (secondary N) is 1. The predicted molar refractivity (Wildman–Crippen MR) is 69.0 cm³/mol. The molecule has 0 bridgehead atoms. The Morgan fingerprint density at radius 1 is 1.12 bits per heavy atom. The highest BCUT2D eigenvalue weighted by molar-refractivity contribution is 5.78. The maximum absolute atomic E-state index is 12.1. The first-order chi connectivity index (χ1) is 8.25. The summed E-state index contributed by atoms with van der Waals surface area (Å²) in [6.45, 7) is 4.47. The highest BCUT2D eigenvalue weighted by Gasteiger charge is 2.19. The van der Waals surface area contributed by atoms with Gasteiger partial charge in [0.1, 0.15) is 0 Å². The first-order valence-corrected chi connectivity index (χ1v) is 6.95. The van der Waals surface area contributed by atoms with Crippen LogP contribution in [0.25, 0.3) is 0 Å². The molecule has 1 saturated heterocycles. The van der Waals surface area contributed by atoms with Crippen LogP contribution in [0.3, 0.4) is 0 Å². The highest BCUT2D eigenvalue weighted by atomic mass is 16.2. The summed E-state index contributed by atoms with van der Waals surface area (Å²) in [6.07, 6.45) is 6.23. The number of rotatable bonds is 3. The zero-order valence-corrected chi connectivity index (χ0v) is 11.0. The first kappa shape index (κ1) is 12.8. The quantitative estimate of drug-likeness (QED) is 0.787. The molecule has 0 radical (unpaired) electrons. The van der Waals surface area contributed by atoms with E-state index in [4.69, 9.17) is 0 Å². The number of carbonyl (C=O) groups excluding carboxylic acids is 1. The molecule has 2 fully saturated rings. The van der Waals surface area contributed by atoms with Gasteiger partial charge in [-0.3, -0.25) is 4.79 Å². The molecule has 1 aliphatic carbocycles. The lowest BCUT2D eigenvalue weighted by Crippen LogP contribution is -2.42. The second-order valence-electron chi connectivity index (χ2n) is 5.40. The summed E-state index contributed by atoms with van der Waals surface area (Å²) in [7, 11) is 2.13. The van der Waals surface area contributed by atoms with Gasteiger partial charge in [0.2, 0.25) is 5.91 Å².